The van der Waals surface area contributed by atoms with Crippen molar-refractivity contribution in [2.75, 3.05) is 7.05 Å². The topological polar surface area (TPSA) is 111 Å². The number of aromatic nitrogens is 4. The molecule has 0 atom stereocenters. The first-order chi connectivity index (χ1) is 16.3. The highest BCUT2D eigenvalue weighted by Gasteiger charge is 2.22. The van der Waals surface area contributed by atoms with E-state index < -0.39 is 15.1 Å². The Labute approximate surface area is 199 Å². The van der Waals surface area contributed by atoms with Crippen LogP contribution in [0.4, 0.5) is 0 Å². The summed E-state index contributed by atoms with van der Waals surface area (Å²) in [6.45, 7) is 6.09. The summed E-state index contributed by atoms with van der Waals surface area (Å²) in [5, 5.41) is 10.9. The van der Waals surface area contributed by atoms with Crippen LogP contribution in [0.25, 0.3) is 34.3 Å². The molecule has 9 heteroatoms. The van der Waals surface area contributed by atoms with E-state index in [1.807, 2.05) is 44.3 Å². The van der Waals surface area contributed by atoms with Crippen LogP contribution in [-0.4, -0.2) is 40.9 Å². The van der Waals surface area contributed by atoms with E-state index in [1.54, 1.807) is 38.4 Å². The largest absolute Gasteiger partial charge is 0.415 e. The van der Waals surface area contributed by atoms with Crippen molar-refractivity contribution >= 4 is 9.84 Å². The van der Waals surface area contributed by atoms with Gasteiger partial charge in [-0.05, 0) is 62.7 Å². The lowest BCUT2D eigenvalue weighted by Gasteiger charge is -2.13. The van der Waals surface area contributed by atoms with Crippen LogP contribution in [0, 0.1) is 0 Å². The number of nitrogens with zero attached hydrogens (tertiary/aromatic N) is 4. The molecule has 0 aliphatic rings. The minimum absolute atomic E-state index is 0.262. The predicted molar refractivity (Wildman–Crippen MR) is 131 cm³/mol. The summed E-state index contributed by atoms with van der Waals surface area (Å²) in [6, 6.07) is 13.1. The smallest absolute Gasteiger partial charge is 0.268 e. The molecule has 0 saturated heterocycles. The Morgan fingerprint density at radius 3 is 2.29 bits per heavy atom. The summed E-state index contributed by atoms with van der Waals surface area (Å²) in [4.78, 5) is 9.30. The highest BCUT2D eigenvalue weighted by atomic mass is 32.2. The molecule has 0 aliphatic heterocycles. The van der Waals surface area contributed by atoms with Gasteiger partial charge in [0.25, 0.3) is 5.89 Å². The van der Waals surface area contributed by atoms with Gasteiger partial charge in [0.1, 0.15) is 5.69 Å². The van der Waals surface area contributed by atoms with Crippen molar-refractivity contribution < 1.29 is 12.8 Å². The van der Waals surface area contributed by atoms with Crippen LogP contribution in [0.1, 0.15) is 31.9 Å². The third-order valence-electron chi connectivity index (χ3n) is 5.52. The number of rotatable bonds is 8. The SMILES string of the molecule is CCc1cc(-c2cncc(-c3nnc(-c4ccc(CNC)cc4)o3)n2)ccc1S(=O)(=O)C(C)C. The van der Waals surface area contributed by atoms with Gasteiger partial charge in [-0.2, -0.15) is 0 Å². The maximum Gasteiger partial charge on any atom is 0.268 e. The fourth-order valence-corrected chi connectivity index (χ4v) is 4.90. The molecule has 0 fully saturated rings. The van der Waals surface area contributed by atoms with E-state index in [2.05, 4.69) is 25.5 Å². The maximum atomic E-state index is 12.7. The molecule has 0 radical (unpaired) electrons. The minimum Gasteiger partial charge on any atom is -0.415 e. The number of nitrogens with one attached hydrogen (secondary N) is 1. The van der Waals surface area contributed by atoms with Crippen LogP contribution < -0.4 is 5.32 Å². The molecule has 2 aromatic carbocycles. The van der Waals surface area contributed by atoms with Crippen molar-refractivity contribution in [2.24, 2.45) is 0 Å². The van der Waals surface area contributed by atoms with Crippen molar-refractivity contribution in [1.82, 2.24) is 25.5 Å². The summed E-state index contributed by atoms with van der Waals surface area (Å²) in [5.74, 6) is 0.660. The number of hydrogen-bond donors (Lipinski definition) is 1. The molecule has 0 unspecified atom stereocenters. The van der Waals surface area contributed by atoms with Crippen molar-refractivity contribution in [1.29, 1.82) is 0 Å². The average molecular weight is 478 g/mol. The van der Waals surface area contributed by atoms with Crippen LogP contribution in [0.5, 0.6) is 0 Å². The van der Waals surface area contributed by atoms with Gasteiger partial charge in [-0.25, -0.2) is 13.4 Å². The molecule has 4 aromatic rings. The molecule has 0 spiro atoms. The Hall–Kier alpha value is -3.43. The monoisotopic (exact) mass is 477 g/mol. The molecule has 8 nitrogen and oxygen atoms in total. The third kappa shape index (κ3) is 4.76. The third-order valence-corrected chi connectivity index (χ3v) is 7.78. The van der Waals surface area contributed by atoms with Gasteiger partial charge in [-0.3, -0.25) is 4.98 Å². The highest BCUT2D eigenvalue weighted by Crippen LogP contribution is 2.28. The Balaban J connectivity index is 1.64. The number of sulfone groups is 1. The van der Waals surface area contributed by atoms with Gasteiger partial charge >= 0.3 is 0 Å². The minimum atomic E-state index is -3.37. The quantitative estimate of drug-likeness (QED) is 0.399. The second-order valence-corrected chi connectivity index (χ2v) is 10.7. The van der Waals surface area contributed by atoms with Crippen LogP contribution in [0.15, 0.2) is 64.2 Å². The second-order valence-electron chi connectivity index (χ2n) is 8.20. The Morgan fingerprint density at radius 1 is 0.941 bits per heavy atom. The van der Waals surface area contributed by atoms with E-state index in [0.717, 1.165) is 28.8 Å². The normalized spacial score (nSPS) is 11.8. The zero-order chi connectivity index (χ0) is 24.3. The molecule has 4 rings (SSSR count). The van der Waals surface area contributed by atoms with Crippen molar-refractivity contribution in [3.05, 3.63) is 66.0 Å². The van der Waals surface area contributed by atoms with Crippen LogP contribution in [0.2, 0.25) is 0 Å². The molecule has 0 aliphatic carbocycles. The molecule has 176 valence electrons. The molecule has 2 aromatic heterocycles. The van der Waals surface area contributed by atoms with Crippen molar-refractivity contribution in [3.63, 3.8) is 0 Å². The van der Waals surface area contributed by atoms with Gasteiger partial charge in [0.05, 0.1) is 28.2 Å². The van der Waals surface area contributed by atoms with Crippen molar-refractivity contribution in [2.45, 2.75) is 43.9 Å². The molecule has 0 amide bonds. The van der Waals surface area contributed by atoms with Gasteiger partial charge in [0, 0.05) is 17.7 Å². The molecule has 0 bridgehead atoms. The second kappa shape index (κ2) is 9.82. The zero-order valence-corrected chi connectivity index (χ0v) is 20.4. The first-order valence-corrected chi connectivity index (χ1v) is 12.6. The molecule has 2 heterocycles. The van der Waals surface area contributed by atoms with E-state index >= 15 is 0 Å². The Kier molecular flexibility index (Phi) is 6.85. The molecular formula is C25H27N5O3S. The van der Waals surface area contributed by atoms with E-state index in [1.165, 1.54) is 0 Å². The molecule has 34 heavy (non-hydrogen) atoms. The molecule has 1 N–H and O–H groups in total. The van der Waals surface area contributed by atoms with E-state index in [4.69, 9.17) is 4.42 Å². The average Bonchev–Trinajstić information content (AvgIpc) is 3.35. The van der Waals surface area contributed by atoms with Gasteiger partial charge in [0.2, 0.25) is 5.89 Å². The number of benzene rings is 2. The lowest BCUT2D eigenvalue weighted by molar-refractivity contribution is 0.581. The van der Waals surface area contributed by atoms with Crippen LogP contribution >= 0.6 is 0 Å². The van der Waals surface area contributed by atoms with Gasteiger partial charge in [0.15, 0.2) is 9.84 Å². The summed E-state index contributed by atoms with van der Waals surface area (Å²) in [5.41, 5.74) is 4.53. The van der Waals surface area contributed by atoms with E-state index in [9.17, 15) is 8.42 Å². The first-order valence-electron chi connectivity index (χ1n) is 11.1. The fraction of sp³-hybridized carbons (Fsp3) is 0.280. The van der Waals surface area contributed by atoms with E-state index in [0.29, 0.717) is 28.6 Å². The highest BCUT2D eigenvalue weighted by molar-refractivity contribution is 7.92. The zero-order valence-electron chi connectivity index (χ0n) is 19.6. The Bertz CT molecular complexity index is 1400. The van der Waals surface area contributed by atoms with Crippen molar-refractivity contribution in [3.8, 4) is 34.3 Å². The van der Waals surface area contributed by atoms with Gasteiger partial charge in [-0.15, -0.1) is 10.2 Å². The predicted octanol–water partition coefficient (Wildman–Crippen LogP) is 4.32. The summed E-state index contributed by atoms with van der Waals surface area (Å²) < 4.78 is 31.3. The number of hydrogen-bond acceptors (Lipinski definition) is 8. The van der Waals surface area contributed by atoms with Gasteiger partial charge in [-0.1, -0.05) is 25.1 Å². The lowest BCUT2D eigenvalue weighted by atomic mass is 10.1. The van der Waals surface area contributed by atoms with E-state index in [-0.39, 0.29) is 5.89 Å². The molecular weight excluding hydrogens is 450 g/mol. The molecule has 0 saturated carbocycles. The standard InChI is InChI=1S/C25H27N5O3S/c1-5-18-12-20(10-11-23(18)34(31,32)16(2)3)21-14-27-15-22(28-21)25-30-29-24(33-25)19-8-6-17(7-9-19)13-26-4/h6-12,14-16,26H,5,13H2,1-4H3. The van der Waals surface area contributed by atoms with Crippen LogP contribution in [-0.2, 0) is 22.8 Å². The summed E-state index contributed by atoms with van der Waals surface area (Å²) in [6.07, 6.45) is 3.78. The van der Waals surface area contributed by atoms with Crippen LogP contribution in [0.3, 0.4) is 0 Å². The van der Waals surface area contributed by atoms with Gasteiger partial charge < -0.3 is 9.73 Å². The fourth-order valence-electron chi connectivity index (χ4n) is 3.57. The number of aryl methyl sites for hydroxylation is 1. The first kappa shape index (κ1) is 23.7. The Morgan fingerprint density at radius 2 is 1.62 bits per heavy atom. The summed E-state index contributed by atoms with van der Waals surface area (Å²) >= 11 is 0. The maximum absolute atomic E-state index is 12.7. The lowest BCUT2D eigenvalue weighted by Crippen LogP contribution is -2.15. The summed E-state index contributed by atoms with van der Waals surface area (Å²) in [7, 11) is -1.47.